The zero-order chi connectivity index (χ0) is 28.4. The van der Waals surface area contributed by atoms with E-state index in [2.05, 4.69) is 51.2 Å². The predicted molar refractivity (Wildman–Crippen MR) is 165 cm³/mol. The average molecular weight is 553 g/mol. The number of piperidine rings is 1. The summed E-state index contributed by atoms with van der Waals surface area (Å²) in [4.78, 5) is 37.7. The minimum Gasteiger partial charge on any atom is -0.335 e. The summed E-state index contributed by atoms with van der Waals surface area (Å²) in [6, 6.07) is 20.9. The van der Waals surface area contributed by atoms with Crippen LogP contribution in [0.25, 0.3) is 0 Å². The number of aromatic nitrogens is 1. The molecule has 2 aliphatic heterocycles. The summed E-state index contributed by atoms with van der Waals surface area (Å²) in [5.74, 6) is 0.160. The molecule has 216 valence electrons. The molecular formula is C35H44N4O2. The Hall–Kier alpha value is -3.51. The normalized spacial score (nSPS) is 19.1. The van der Waals surface area contributed by atoms with Gasteiger partial charge in [-0.2, -0.15) is 0 Å². The van der Waals surface area contributed by atoms with Crippen molar-refractivity contribution in [1.29, 1.82) is 0 Å². The number of likely N-dealkylation sites (tertiary alicyclic amines) is 1. The van der Waals surface area contributed by atoms with Gasteiger partial charge in [-0.3, -0.25) is 19.5 Å². The highest BCUT2D eigenvalue weighted by atomic mass is 16.2. The molecule has 6 nitrogen and oxygen atoms in total. The molecule has 1 unspecified atom stereocenters. The fourth-order valence-corrected chi connectivity index (χ4v) is 6.43. The van der Waals surface area contributed by atoms with E-state index in [0.717, 1.165) is 81.4 Å². The number of carbonyl (C=O) groups is 2. The van der Waals surface area contributed by atoms with Gasteiger partial charge in [-0.15, -0.1) is 0 Å². The molecular weight excluding hydrogens is 508 g/mol. The van der Waals surface area contributed by atoms with Crippen molar-refractivity contribution in [2.45, 2.75) is 83.8 Å². The first-order valence-corrected chi connectivity index (χ1v) is 15.5. The lowest BCUT2D eigenvalue weighted by Crippen LogP contribution is -2.45. The Bertz CT molecular complexity index is 1280. The van der Waals surface area contributed by atoms with E-state index in [4.69, 9.17) is 0 Å². The molecule has 2 aromatic carbocycles. The van der Waals surface area contributed by atoms with E-state index in [0.29, 0.717) is 13.1 Å². The molecule has 0 radical (unpaired) electrons. The summed E-state index contributed by atoms with van der Waals surface area (Å²) in [6.07, 6.45) is 13.5. The summed E-state index contributed by atoms with van der Waals surface area (Å²) in [5.41, 5.74) is 5.16. The molecule has 41 heavy (non-hydrogen) atoms. The highest BCUT2D eigenvalue weighted by molar-refractivity contribution is 5.97. The zero-order valence-corrected chi connectivity index (χ0v) is 24.5. The number of hydrogen-bond donors (Lipinski definition) is 0. The van der Waals surface area contributed by atoms with Crippen LogP contribution in [0.1, 0.15) is 85.3 Å². The molecule has 2 amide bonds. The molecule has 0 bridgehead atoms. The lowest BCUT2D eigenvalue weighted by molar-refractivity contribution is -0.116. The molecule has 0 N–H and O–H groups in total. The van der Waals surface area contributed by atoms with Gasteiger partial charge >= 0.3 is 0 Å². The van der Waals surface area contributed by atoms with E-state index in [1.807, 2.05) is 41.6 Å². The minimum atomic E-state index is 0.0557. The number of pyridine rings is 1. The molecule has 1 atom stereocenters. The Labute approximate surface area is 245 Å². The van der Waals surface area contributed by atoms with E-state index in [1.165, 1.54) is 24.0 Å². The molecule has 2 aliphatic rings. The van der Waals surface area contributed by atoms with Crippen molar-refractivity contribution in [2.75, 3.05) is 24.5 Å². The maximum atomic E-state index is 14.1. The van der Waals surface area contributed by atoms with Crippen LogP contribution in [-0.2, 0) is 24.3 Å². The van der Waals surface area contributed by atoms with Crippen LogP contribution < -0.4 is 4.90 Å². The topological polar surface area (TPSA) is 56.8 Å². The molecule has 5 rings (SSSR count). The first-order valence-electron chi connectivity index (χ1n) is 15.5. The number of carbonyl (C=O) groups excluding carboxylic acids is 2. The number of rotatable bonds is 5. The molecule has 3 heterocycles. The van der Waals surface area contributed by atoms with Gasteiger partial charge in [0.1, 0.15) is 0 Å². The van der Waals surface area contributed by atoms with Gasteiger partial charge in [-0.05, 0) is 86.0 Å². The summed E-state index contributed by atoms with van der Waals surface area (Å²) < 4.78 is 0. The summed E-state index contributed by atoms with van der Waals surface area (Å²) in [6.45, 7) is 5.60. The highest BCUT2D eigenvalue weighted by Gasteiger charge is 2.29. The highest BCUT2D eigenvalue weighted by Crippen LogP contribution is 2.29. The lowest BCUT2D eigenvalue weighted by atomic mass is 9.94. The van der Waals surface area contributed by atoms with Gasteiger partial charge in [-0.1, -0.05) is 55.7 Å². The van der Waals surface area contributed by atoms with Crippen molar-refractivity contribution in [3.63, 3.8) is 0 Å². The largest absolute Gasteiger partial charge is 0.335 e. The van der Waals surface area contributed by atoms with Crippen LogP contribution in [0, 0.1) is 0 Å². The molecule has 6 heteroatoms. The first kappa shape index (κ1) is 29.0. The molecule has 1 fully saturated rings. The number of hydrogen-bond acceptors (Lipinski definition) is 4. The van der Waals surface area contributed by atoms with Crippen LogP contribution in [0.15, 0.2) is 73.1 Å². The van der Waals surface area contributed by atoms with Gasteiger partial charge in [-0.25, -0.2) is 0 Å². The number of benzene rings is 2. The number of nitrogens with zero attached hydrogens (tertiary/aromatic N) is 4. The third-order valence-corrected chi connectivity index (χ3v) is 8.58. The van der Waals surface area contributed by atoms with Crippen molar-refractivity contribution < 1.29 is 9.59 Å². The minimum absolute atomic E-state index is 0.0557. The quantitative estimate of drug-likeness (QED) is 0.356. The van der Waals surface area contributed by atoms with Crippen LogP contribution in [0.3, 0.4) is 0 Å². The Balaban J connectivity index is 1.46. The van der Waals surface area contributed by atoms with Crippen LogP contribution in [0.5, 0.6) is 0 Å². The number of fused-ring (bicyclic) bond motifs is 1. The Kier molecular flexibility index (Phi) is 10.2. The molecule has 0 saturated carbocycles. The second-order valence-corrected chi connectivity index (χ2v) is 11.7. The Morgan fingerprint density at radius 1 is 0.829 bits per heavy atom. The molecule has 0 aliphatic carbocycles. The van der Waals surface area contributed by atoms with Crippen molar-refractivity contribution in [2.24, 2.45) is 0 Å². The maximum Gasteiger partial charge on any atom is 0.254 e. The third kappa shape index (κ3) is 7.82. The summed E-state index contributed by atoms with van der Waals surface area (Å²) in [7, 11) is 0. The second-order valence-electron chi connectivity index (χ2n) is 11.7. The number of amides is 2. The monoisotopic (exact) mass is 552 g/mol. The van der Waals surface area contributed by atoms with Gasteiger partial charge in [0, 0.05) is 62.8 Å². The Morgan fingerprint density at radius 3 is 2.37 bits per heavy atom. The van der Waals surface area contributed by atoms with E-state index < -0.39 is 0 Å². The van der Waals surface area contributed by atoms with Gasteiger partial charge in [0.05, 0.1) is 0 Å². The van der Waals surface area contributed by atoms with E-state index in [9.17, 15) is 9.59 Å². The van der Waals surface area contributed by atoms with Gasteiger partial charge in [0.15, 0.2) is 0 Å². The van der Waals surface area contributed by atoms with Gasteiger partial charge < -0.3 is 9.80 Å². The average Bonchev–Trinajstić information content (AvgIpc) is 2.99. The molecule has 1 saturated heterocycles. The maximum absolute atomic E-state index is 14.1. The zero-order valence-electron chi connectivity index (χ0n) is 24.5. The van der Waals surface area contributed by atoms with Crippen molar-refractivity contribution in [3.05, 3.63) is 95.3 Å². The second kappa shape index (κ2) is 14.4. The van der Waals surface area contributed by atoms with Gasteiger partial charge in [0.25, 0.3) is 5.91 Å². The summed E-state index contributed by atoms with van der Waals surface area (Å²) >= 11 is 0. The Morgan fingerprint density at radius 2 is 1.59 bits per heavy atom. The number of anilines is 1. The van der Waals surface area contributed by atoms with Crippen LogP contribution >= 0.6 is 0 Å². The first-order chi connectivity index (χ1) is 20.1. The van der Waals surface area contributed by atoms with Crippen LogP contribution in [0.2, 0.25) is 0 Å². The van der Waals surface area contributed by atoms with Gasteiger partial charge in [0.2, 0.25) is 5.91 Å². The van der Waals surface area contributed by atoms with Crippen molar-refractivity contribution in [1.82, 2.24) is 14.8 Å². The fourth-order valence-electron chi connectivity index (χ4n) is 6.43. The molecule has 1 aromatic heterocycles. The van der Waals surface area contributed by atoms with E-state index >= 15 is 0 Å². The smallest absolute Gasteiger partial charge is 0.254 e. The van der Waals surface area contributed by atoms with Crippen molar-refractivity contribution >= 4 is 17.5 Å². The third-order valence-electron chi connectivity index (χ3n) is 8.58. The fraction of sp³-hybridized carbons (Fsp3) is 0.457. The van der Waals surface area contributed by atoms with Crippen molar-refractivity contribution in [3.8, 4) is 0 Å². The molecule has 0 spiro atoms. The molecule has 3 aromatic rings. The SMILES string of the molecule is CC(=O)N1CCCCCCCN(Cc2cccnc2)Cc2cc(C(=O)N3CCCCC3Cc3ccccc3)ccc21. The standard InChI is InChI=1S/C35H44N4O2/c1-28(40)38-21-10-4-2-3-9-20-37(26-30-15-12-19-36-25-30)27-32-24-31(17-18-34(32)38)35(41)39-22-11-8-16-33(39)23-29-13-6-5-7-14-29/h5-7,12-15,17-19,24-25,33H,2-4,8-11,16,20-23,26-27H2,1H3. The van der Waals surface area contributed by atoms with E-state index in [-0.39, 0.29) is 17.9 Å². The van der Waals surface area contributed by atoms with Crippen LogP contribution in [-0.4, -0.2) is 52.3 Å². The summed E-state index contributed by atoms with van der Waals surface area (Å²) in [5, 5.41) is 0. The predicted octanol–water partition coefficient (Wildman–Crippen LogP) is 6.64. The van der Waals surface area contributed by atoms with Crippen LogP contribution in [0.4, 0.5) is 5.69 Å². The van der Waals surface area contributed by atoms with E-state index in [1.54, 1.807) is 6.92 Å². The lowest BCUT2D eigenvalue weighted by Gasteiger charge is -2.36.